The lowest BCUT2D eigenvalue weighted by molar-refractivity contribution is 0.894. The quantitative estimate of drug-likeness (QED) is 0.623. The van der Waals surface area contributed by atoms with Gasteiger partial charge in [-0.25, -0.2) is 0 Å². The van der Waals surface area contributed by atoms with Gasteiger partial charge in [-0.1, -0.05) is 0 Å². The highest BCUT2D eigenvalue weighted by molar-refractivity contribution is 9.10. The molecule has 2 nitrogen and oxygen atoms in total. The number of aromatic amines is 1. The van der Waals surface area contributed by atoms with E-state index in [1.54, 1.807) is 0 Å². The summed E-state index contributed by atoms with van der Waals surface area (Å²) in [6, 6.07) is 0. The van der Waals surface area contributed by atoms with Gasteiger partial charge >= 0.3 is 0 Å². The van der Waals surface area contributed by atoms with E-state index in [0.717, 1.165) is 9.37 Å². The molecule has 8 heavy (non-hydrogen) atoms. The fourth-order valence-corrected chi connectivity index (χ4v) is 1.24. The first-order chi connectivity index (χ1) is 3.70. The normalized spacial score (nSPS) is 9.75. The van der Waals surface area contributed by atoms with Gasteiger partial charge in [-0.2, -0.15) is 0 Å². The Kier molecular flexibility index (Phi) is 1.53. The van der Waals surface area contributed by atoms with Crippen LogP contribution in [-0.2, 0) is 7.05 Å². The zero-order valence-electron chi connectivity index (χ0n) is 4.31. The van der Waals surface area contributed by atoms with Crippen molar-refractivity contribution in [1.82, 2.24) is 9.55 Å². The van der Waals surface area contributed by atoms with Gasteiger partial charge in [0.15, 0.2) is 4.77 Å². The number of rotatable bonds is 0. The molecule has 1 heterocycles. The number of hydrogen-bond acceptors (Lipinski definition) is 1. The molecule has 0 saturated carbocycles. The van der Waals surface area contributed by atoms with E-state index >= 15 is 0 Å². The van der Waals surface area contributed by atoms with Crippen molar-refractivity contribution in [2.75, 3.05) is 0 Å². The monoisotopic (exact) mass is 192 g/mol. The average Bonchev–Trinajstić information content (AvgIpc) is 1.85. The number of nitrogens with one attached hydrogen (secondary N) is 1. The lowest BCUT2D eigenvalue weighted by Gasteiger charge is -1.79. The molecule has 0 aromatic carbocycles. The second-order valence-electron chi connectivity index (χ2n) is 1.52. The van der Waals surface area contributed by atoms with Gasteiger partial charge in [0.2, 0.25) is 0 Å². The molecule has 1 rings (SSSR count). The van der Waals surface area contributed by atoms with Gasteiger partial charge in [-0.05, 0) is 28.1 Å². The minimum atomic E-state index is 0.733. The van der Waals surface area contributed by atoms with Crippen LogP contribution in [0.1, 0.15) is 0 Å². The maximum absolute atomic E-state index is 4.85. The van der Waals surface area contributed by atoms with Crippen molar-refractivity contribution in [3.63, 3.8) is 0 Å². The standard InChI is InChI=1S/C4H5BrN2S/c1-7-2-3(5)6-4(7)8/h2H,1H3,(H,6,8). The Hall–Kier alpha value is -0.0900. The van der Waals surface area contributed by atoms with Crippen LogP contribution in [0.15, 0.2) is 10.8 Å². The van der Waals surface area contributed by atoms with E-state index in [-0.39, 0.29) is 0 Å². The van der Waals surface area contributed by atoms with Crippen LogP contribution in [0.4, 0.5) is 0 Å². The fraction of sp³-hybridized carbons (Fsp3) is 0.250. The van der Waals surface area contributed by atoms with E-state index in [1.165, 1.54) is 0 Å². The lowest BCUT2D eigenvalue weighted by Crippen LogP contribution is -1.81. The van der Waals surface area contributed by atoms with E-state index in [1.807, 2.05) is 17.8 Å². The minimum absolute atomic E-state index is 0.733. The molecule has 0 fully saturated rings. The molecule has 0 radical (unpaired) electrons. The molecule has 0 aliphatic carbocycles. The van der Waals surface area contributed by atoms with Crippen LogP contribution in [0.3, 0.4) is 0 Å². The summed E-state index contributed by atoms with van der Waals surface area (Å²) in [6.45, 7) is 0. The van der Waals surface area contributed by atoms with Gasteiger partial charge in [-0.15, -0.1) is 0 Å². The van der Waals surface area contributed by atoms with E-state index < -0.39 is 0 Å². The molecule has 0 aliphatic heterocycles. The van der Waals surface area contributed by atoms with Crippen LogP contribution >= 0.6 is 28.1 Å². The smallest absolute Gasteiger partial charge is 0.177 e. The van der Waals surface area contributed by atoms with Crippen LogP contribution in [0, 0.1) is 4.77 Å². The van der Waals surface area contributed by atoms with Gasteiger partial charge < -0.3 is 9.55 Å². The highest BCUT2D eigenvalue weighted by Gasteiger charge is 1.87. The highest BCUT2D eigenvalue weighted by atomic mass is 79.9. The zero-order chi connectivity index (χ0) is 6.15. The molecule has 0 unspecified atom stereocenters. The van der Waals surface area contributed by atoms with E-state index in [0.29, 0.717) is 0 Å². The van der Waals surface area contributed by atoms with Crippen molar-refractivity contribution in [1.29, 1.82) is 0 Å². The third kappa shape index (κ3) is 1.00. The van der Waals surface area contributed by atoms with Crippen molar-refractivity contribution in [3.05, 3.63) is 15.6 Å². The van der Waals surface area contributed by atoms with Gasteiger partial charge in [0.05, 0.1) is 0 Å². The Morgan fingerprint density at radius 1 is 1.88 bits per heavy atom. The molecule has 1 aromatic heterocycles. The summed E-state index contributed by atoms with van der Waals surface area (Å²) in [7, 11) is 1.89. The Balaban J connectivity index is 3.35. The molecule has 0 atom stereocenters. The second kappa shape index (κ2) is 2.03. The molecule has 1 N–H and O–H groups in total. The number of nitrogens with zero attached hydrogens (tertiary/aromatic N) is 1. The molecule has 1 aromatic rings. The summed E-state index contributed by atoms with van der Waals surface area (Å²) in [4.78, 5) is 2.90. The third-order valence-corrected chi connectivity index (χ3v) is 1.65. The zero-order valence-corrected chi connectivity index (χ0v) is 6.71. The van der Waals surface area contributed by atoms with E-state index in [2.05, 4.69) is 20.9 Å². The summed E-state index contributed by atoms with van der Waals surface area (Å²) in [5.41, 5.74) is 0. The summed E-state index contributed by atoms with van der Waals surface area (Å²) in [5.74, 6) is 0. The van der Waals surface area contributed by atoms with Crippen molar-refractivity contribution in [2.45, 2.75) is 0 Å². The van der Waals surface area contributed by atoms with Crippen molar-refractivity contribution in [2.24, 2.45) is 7.05 Å². The van der Waals surface area contributed by atoms with Crippen molar-refractivity contribution >= 4 is 28.1 Å². The summed E-state index contributed by atoms with van der Waals surface area (Å²) in [5, 5.41) is 0. The molecular weight excluding hydrogens is 188 g/mol. The van der Waals surface area contributed by atoms with Crippen molar-refractivity contribution < 1.29 is 0 Å². The van der Waals surface area contributed by atoms with E-state index in [9.17, 15) is 0 Å². The van der Waals surface area contributed by atoms with Gasteiger partial charge in [0, 0.05) is 13.2 Å². The number of aromatic nitrogens is 2. The lowest BCUT2D eigenvalue weighted by atomic mass is 10.9. The predicted octanol–water partition coefficient (Wildman–Crippen LogP) is 1.85. The summed E-state index contributed by atoms with van der Waals surface area (Å²) in [6.07, 6.45) is 1.88. The van der Waals surface area contributed by atoms with Gasteiger partial charge in [0.1, 0.15) is 4.60 Å². The molecular formula is C4H5BrN2S. The summed E-state index contributed by atoms with van der Waals surface area (Å²) >= 11 is 8.09. The second-order valence-corrected chi connectivity index (χ2v) is 2.76. The van der Waals surface area contributed by atoms with Crippen LogP contribution in [0.2, 0.25) is 0 Å². The largest absolute Gasteiger partial charge is 0.326 e. The van der Waals surface area contributed by atoms with E-state index in [4.69, 9.17) is 12.2 Å². The molecule has 4 heteroatoms. The Bertz CT molecular complexity index is 236. The SMILES string of the molecule is Cn1cc(Br)[nH]c1=S. The van der Waals surface area contributed by atoms with Crippen LogP contribution < -0.4 is 0 Å². The first kappa shape index (κ1) is 6.04. The number of aryl methyl sites for hydroxylation is 1. The number of H-pyrrole nitrogens is 1. The Morgan fingerprint density at radius 3 is 2.62 bits per heavy atom. The first-order valence-corrected chi connectivity index (χ1v) is 3.31. The fourth-order valence-electron chi connectivity index (χ4n) is 0.451. The molecule has 0 aliphatic rings. The molecule has 0 bridgehead atoms. The average molecular weight is 193 g/mol. The molecule has 0 saturated heterocycles. The number of imidazole rings is 1. The highest BCUT2D eigenvalue weighted by Crippen LogP contribution is 2.03. The van der Waals surface area contributed by atoms with Gasteiger partial charge in [-0.3, -0.25) is 0 Å². The number of halogens is 1. The maximum atomic E-state index is 4.85. The maximum Gasteiger partial charge on any atom is 0.177 e. The van der Waals surface area contributed by atoms with Crippen LogP contribution in [-0.4, -0.2) is 9.55 Å². The molecule has 0 amide bonds. The van der Waals surface area contributed by atoms with Crippen LogP contribution in [0.25, 0.3) is 0 Å². The molecule has 44 valence electrons. The first-order valence-electron chi connectivity index (χ1n) is 2.11. The Labute approximate surface area is 60.7 Å². The summed E-state index contributed by atoms with van der Waals surface area (Å²) < 4.78 is 3.49. The third-order valence-electron chi connectivity index (χ3n) is 0.854. The topological polar surface area (TPSA) is 20.7 Å². The molecule has 0 spiro atoms. The van der Waals surface area contributed by atoms with Gasteiger partial charge in [0.25, 0.3) is 0 Å². The van der Waals surface area contributed by atoms with Crippen molar-refractivity contribution in [3.8, 4) is 0 Å². The predicted molar refractivity (Wildman–Crippen MR) is 38.3 cm³/mol. The minimum Gasteiger partial charge on any atom is -0.326 e. The number of hydrogen-bond donors (Lipinski definition) is 1. The van der Waals surface area contributed by atoms with Crippen LogP contribution in [0.5, 0.6) is 0 Å². The Morgan fingerprint density at radius 2 is 2.50 bits per heavy atom.